The van der Waals surface area contributed by atoms with Crippen molar-refractivity contribution in [1.82, 2.24) is 14.7 Å². The number of rotatable bonds is 6. The first-order valence-corrected chi connectivity index (χ1v) is 10.7. The van der Waals surface area contributed by atoms with Crippen LogP contribution in [-0.2, 0) is 32.7 Å². The van der Waals surface area contributed by atoms with Crippen LogP contribution in [0, 0.1) is 5.41 Å². The Morgan fingerprint density at radius 2 is 1.83 bits per heavy atom. The Morgan fingerprint density at radius 3 is 2.31 bits per heavy atom. The van der Waals surface area contributed by atoms with E-state index in [0.717, 1.165) is 45.7 Å². The maximum atomic E-state index is 10.6. The molecule has 36 heavy (non-hydrogen) atoms. The van der Waals surface area contributed by atoms with E-state index >= 15 is 0 Å². The summed E-state index contributed by atoms with van der Waals surface area (Å²) in [5, 5.41) is 18.5. The molecule has 3 heterocycles. The molecule has 2 atom stereocenters. The summed E-state index contributed by atoms with van der Waals surface area (Å²) in [6.45, 7) is 9.13. The zero-order chi connectivity index (χ0) is 27.6. The van der Waals surface area contributed by atoms with Gasteiger partial charge in [-0.25, -0.2) is 9.59 Å². The Kier molecular flexibility index (Phi) is 11.9. The molecule has 3 rings (SSSR count). The number of hydrogen-bond acceptors (Lipinski definition) is 6. The third-order valence-corrected chi connectivity index (χ3v) is 5.34. The van der Waals surface area contributed by atoms with Crippen LogP contribution in [0.2, 0.25) is 0 Å². The van der Waals surface area contributed by atoms with Gasteiger partial charge in [-0.05, 0) is 19.3 Å². The molecule has 1 aromatic rings. The Bertz CT molecular complexity index is 836. The largest absolute Gasteiger partial charge is 0.490 e. The van der Waals surface area contributed by atoms with Crippen LogP contribution in [0.4, 0.5) is 26.3 Å². The molecule has 0 spiro atoms. The van der Waals surface area contributed by atoms with Gasteiger partial charge in [-0.1, -0.05) is 6.08 Å². The normalized spacial score (nSPS) is 22.2. The second kappa shape index (κ2) is 13.6. The van der Waals surface area contributed by atoms with Crippen LogP contribution in [0.25, 0.3) is 0 Å². The highest BCUT2D eigenvalue weighted by molar-refractivity contribution is 5.73. The number of ether oxygens (including phenoxy) is 2. The van der Waals surface area contributed by atoms with Crippen LogP contribution in [0.15, 0.2) is 25.0 Å². The molecule has 2 saturated heterocycles. The number of alkyl halides is 6. The summed E-state index contributed by atoms with van der Waals surface area (Å²) in [5.74, 6) is -5.51. The molecule has 206 valence electrons. The number of nitrogens with zero attached hydrogens (tertiary/aromatic N) is 3. The van der Waals surface area contributed by atoms with Crippen molar-refractivity contribution in [3.63, 3.8) is 0 Å². The number of carboxylic acids is 2. The van der Waals surface area contributed by atoms with Gasteiger partial charge in [0, 0.05) is 50.5 Å². The Morgan fingerprint density at radius 1 is 1.25 bits per heavy atom. The summed E-state index contributed by atoms with van der Waals surface area (Å²) in [6.07, 6.45) is -0.512. The zero-order valence-corrected chi connectivity index (χ0v) is 19.5. The van der Waals surface area contributed by atoms with E-state index in [9.17, 15) is 26.3 Å². The number of fused-ring (bicyclic) bond motifs is 1. The van der Waals surface area contributed by atoms with Gasteiger partial charge in [0.2, 0.25) is 0 Å². The molecule has 0 radical (unpaired) electrons. The number of halogens is 6. The minimum Gasteiger partial charge on any atom is -0.475 e. The smallest absolute Gasteiger partial charge is 0.475 e. The topological polar surface area (TPSA) is 114 Å². The number of hydrogen-bond donors (Lipinski definition) is 2. The summed E-state index contributed by atoms with van der Waals surface area (Å²) in [7, 11) is 1.97. The Balaban J connectivity index is 0.000000383. The molecule has 0 bridgehead atoms. The van der Waals surface area contributed by atoms with Crippen molar-refractivity contribution in [2.75, 3.05) is 32.9 Å². The summed E-state index contributed by atoms with van der Waals surface area (Å²) >= 11 is 0. The molecule has 0 aliphatic carbocycles. The SMILES string of the molecule is C=CCOCC12CCCOC1CCN(Cc1cnn(C)c1)C2.O=C(O)C(F)(F)F.O=C(O)C(F)(F)F. The molecular formula is C21H29F6N3O6. The first-order chi connectivity index (χ1) is 16.6. The van der Waals surface area contributed by atoms with Crippen molar-refractivity contribution < 1.29 is 55.6 Å². The molecule has 2 unspecified atom stereocenters. The lowest BCUT2D eigenvalue weighted by atomic mass is 9.73. The van der Waals surface area contributed by atoms with Gasteiger partial charge in [-0.2, -0.15) is 31.4 Å². The Labute approximate surface area is 203 Å². The second-order valence-corrected chi connectivity index (χ2v) is 8.26. The highest BCUT2D eigenvalue weighted by atomic mass is 19.4. The summed E-state index contributed by atoms with van der Waals surface area (Å²) in [5.41, 5.74) is 1.42. The molecule has 9 nitrogen and oxygen atoms in total. The minimum atomic E-state index is -5.08. The van der Waals surface area contributed by atoms with Crippen molar-refractivity contribution in [2.24, 2.45) is 12.5 Å². The number of carboxylic acid groups (broad SMARTS) is 2. The zero-order valence-electron chi connectivity index (χ0n) is 19.5. The number of aromatic nitrogens is 2. The van der Waals surface area contributed by atoms with E-state index in [1.54, 1.807) is 0 Å². The second-order valence-electron chi connectivity index (χ2n) is 8.26. The monoisotopic (exact) mass is 533 g/mol. The third-order valence-electron chi connectivity index (χ3n) is 5.34. The van der Waals surface area contributed by atoms with Crippen molar-refractivity contribution in [3.05, 3.63) is 30.6 Å². The predicted molar refractivity (Wildman–Crippen MR) is 113 cm³/mol. The van der Waals surface area contributed by atoms with Crippen molar-refractivity contribution in [2.45, 2.75) is 44.3 Å². The molecule has 2 aliphatic heterocycles. The summed E-state index contributed by atoms with van der Waals surface area (Å²) in [6, 6.07) is 0. The van der Waals surface area contributed by atoms with Crippen LogP contribution in [-0.4, -0.2) is 88.2 Å². The van der Waals surface area contributed by atoms with Crippen molar-refractivity contribution in [3.8, 4) is 0 Å². The lowest BCUT2D eigenvalue weighted by Crippen LogP contribution is -2.56. The van der Waals surface area contributed by atoms with Gasteiger partial charge in [0.05, 0.1) is 25.5 Å². The lowest BCUT2D eigenvalue weighted by Gasteiger charge is -2.50. The van der Waals surface area contributed by atoms with E-state index < -0.39 is 24.3 Å². The van der Waals surface area contributed by atoms with E-state index in [0.29, 0.717) is 12.7 Å². The lowest BCUT2D eigenvalue weighted by molar-refractivity contribution is -0.193. The van der Waals surface area contributed by atoms with Crippen LogP contribution < -0.4 is 0 Å². The average molecular weight is 533 g/mol. The van der Waals surface area contributed by atoms with Crippen molar-refractivity contribution >= 4 is 11.9 Å². The first-order valence-electron chi connectivity index (χ1n) is 10.7. The number of carbonyl (C=O) groups is 2. The molecule has 2 fully saturated rings. The van der Waals surface area contributed by atoms with Gasteiger partial charge in [-0.3, -0.25) is 9.58 Å². The van der Waals surface area contributed by atoms with Crippen LogP contribution in [0.1, 0.15) is 24.8 Å². The number of aliphatic carboxylic acids is 2. The van der Waals surface area contributed by atoms with Crippen molar-refractivity contribution in [1.29, 1.82) is 0 Å². The quantitative estimate of drug-likeness (QED) is 0.326. The number of likely N-dealkylation sites (tertiary alicyclic amines) is 1. The molecule has 0 amide bonds. The Hall–Kier alpha value is -2.65. The van der Waals surface area contributed by atoms with E-state index in [2.05, 4.69) is 22.8 Å². The van der Waals surface area contributed by atoms with E-state index in [-0.39, 0.29) is 5.41 Å². The molecule has 15 heteroatoms. The van der Waals surface area contributed by atoms with E-state index in [4.69, 9.17) is 29.3 Å². The molecule has 2 N–H and O–H groups in total. The maximum Gasteiger partial charge on any atom is 0.490 e. The highest BCUT2D eigenvalue weighted by Gasteiger charge is 2.46. The van der Waals surface area contributed by atoms with Gasteiger partial charge >= 0.3 is 24.3 Å². The van der Waals surface area contributed by atoms with Gasteiger partial charge in [0.1, 0.15) is 0 Å². The molecular weight excluding hydrogens is 504 g/mol. The predicted octanol–water partition coefficient (Wildman–Crippen LogP) is 3.26. The number of aryl methyl sites for hydroxylation is 1. The maximum absolute atomic E-state index is 10.6. The van der Waals surface area contributed by atoms with Gasteiger partial charge in [0.15, 0.2) is 0 Å². The first kappa shape index (κ1) is 31.4. The molecule has 1 aromatic heterocycles. The minimum absolute atomic E-state index is 0.141. The van der Waals surface area contributed by atoms with Crippen LogP contribution >= 0.6 is 0 Å². The van der Waals surface area contributed by atoms with Gasteiger partial charge in [-0.15, -0.1) is 6.58 Å². The molecule has 0 saturated carbocycles. The van der Waals surface area contributed by atoms with Crippen LogP contribution in [0.3, 0.4) is 0 Å². The summed E-state index contributed by atoms with van der Waals surface area (Å²) < 4.78 is 77.3. The fraction of sp³-hybridized carbons (Fsp3) is 0.667. The van der Waals surface area contributed by atoms with Gasteiger partial charge in [0.25, 0.3) is 0 Å². The highest BCUT2D eigenvalue weighted by Crippen LogP contribution is 2.40. The van der Waals surface area contributed by atoms with E-state index in [1.165, 1.54) is 12.0 Å². The molecule has 0 aromatic carbocycles. The average Bonchev–Trinajstić information content (AvgIpc) is 3.17. The van der Waals surface area contributed by atoms with E-state index in [1.807, 2.05) is 24.0 Å². The standard InChI is InChI=1S/C17H27N3O2.2C2HF3O2/c1-3-8-21-14-17-6-4-9-22-16(17)5-7-20(13-17)12-15-10-18-19(2)11-15;2*3-2(4,5)1(6)7/h3,10-11,16H,1,4-9,12-14H2,2H3;2*(H,6,7). The number of piperidine rings is 1. The fourth-order valence-corrected chi connectivity index (χ4v) is 3.89. The van der Waals surface area contributed by atoms with Crippen LogP contribution in [0.5, 0.6) is 0 Å². The third kappa shape index (κ3) is 10.5. The van der Waals surface area contributed by atoms with Gasteiger partial charge < -0.3 is 19.7 Å². The molecule has 2 aliphatic rings. The fourth-order valence-electron chi connectivity index (χ4n) is 3.89. The summed E-state index contributed by atoms with van der Waals surface area (Å²) in [4.78, 5) is 20.3.